The normalized spacial score (nSPS) is 20.8. The average molecular weight is 383 g/mol. The first-order valence-corrected chi connectivity index (χ1v) is 10.2. The fourth-order valence-electron chi connectivity index (χ4n) is 2.86. The highest BCUT2D eigenvalue weighted by Gasteiger charge is 2.37. The first kappa shape index (κ1) is 17.9. The molecule has 1 fully saturated rings. The molecule has 2 aromatic heterocycles. The van der Waals surface area contributed by atoms with Gasteiger partial charge in [0, 0.05) is 26.3 Å². The molecule has 3 heterocycles. The summed E-state index contributed by atoms with van der Waals surface area (Å²) in [5.74, 6) is -0.265. The van der Waals surface area contributed by atoms with Crippen LogP contribution in [0.3, 0.4) is 0 Å². The molecule has 3 N–H and O–H groups in total. The van der Waals surface area contributed by atoms with Crippen molar-refractivity contribution in [2.75, 3.05) is 24.4 Å². The molecular weight excluding hydrogens is 362 g/mol. The van der Waals surface area contributed by atoms with Gasteiger partial charge in [0.05, 0.1) is 11.9 Å². The van der Waals surface area contributed by atoms with Gasteiger partial charge in [-0.15, -0.1) is 11.3 Å². The number of amides is 1. The predicted molar refractivity (Wildman–Crippen MR) is 96.0 cm³/mol. The summed E-state index contributed by atoms with van der Waals surface area (Å²) in [5.41, 5.74) is 6.03. The van der Waals surface area contributed by atoms with Crippen molar-refractivity contribution in [1.82, 2.24) is 14.7 Å². The second kappa shape index (κ2) is 6.43. The van der Waals surface area contributed by atoms with Crippen molar-refractivity contribution < 1.29 is 13.2 Å². The zero-order chi connectivity index (χ0) is 18.2. The molecule has 1 unspecified atom stereocenters. The van der Waals surface area contributed by atoms with E-state index in [2.05, 4.69) is 9.82 Å². The number of nitrogens with one attached hydrogen (secondary N) is 1. The molecule has 0 aliphatic carbocycles. The smallest absolute Gasteiger partial charge is 0.265 e. The van der Waals surface area contributed by atoms with E-state index in [1.54, 1.807) is 23.5 Å². The van der Waals surface area contributed by atoms with Crippen LogP contribution in [-0.2, 0) is 17.1 Å². The van der Waals surface area contributed by atoms with Crippen LogP contribution in [0.5, 0.6) is 0 Å². The summed E-state index contributed by atoms with van der Waals surface area (Å²) in [6.45, 7) is 3.65. The van der Waals surface area contributed by atoms with Crippen molar-refractivity contribution in [2.45, 2.75) is 18.2 Å². The van der Waals surface area contributed by atoms with E-state index in [0.29, 0.717) is 25.3 Å². The number of carbonyl (C=O) groups excluding carboxylic acids is 1. The van der Waals surface area contributed by atoms with Gasteiger partial charge in [-0.3, -0.25) is 14.2 Å². The van der Waals surface area contributed by atoms with Crippen molar-refractivity contribution in [3.63, 3.8) is 0 Å². The molecule has 0 radical (unpaired) electrons. The fraction of sp³-hybridized carbons (Fsp3) is 0.467. The summed E-state index contributed by atoms with van der Waals surface area (Å²) in [6, 6.07) is 1.45. The van der Waals surface area contributed by atoms with Gasteiger partial charge in [-0.25, -0.2) is 8.42 Å². The minimum atomic E-state index is -3.86. The molecule has 1 aliphatic heterocycles. The van der Waals surface area contributed by atoms with Crippen molar-refractivity contribution in [2.24, 2.45) is 18.2 Å². The number of likely N-dealkylation sites (tertiary alicyclic amines) is 1. The molecular formula is C15H21N5O3S2. The third-order valence-electron chi connectivity index (χ3n) is 4.41. The maximum atomic E-state index is 12.8. The van der Waals surface area contributed by atoms with Crippen LogP contribution in [0.2, 0.25) is 0 Å². The van der Waals surface area contributed by atoms with Gasteiger partial charge in [0.2, 0.25) is 0 Å². The van der Waals surface area contributed by atoms with Gasteiger partial charge in [0.1, 0.15) is 9.77 Å². The summed E-state index contributed by atoms with van der Waals surface area (Å²) < 4.78 is 29.3. The minimum absolute atomic E-state index is 0.00676. The summed E-state index contributed by atoms with van der Waals surface area (Å²) in [5, 5.41) is 5.55. The number of aromatic nitrogens is 2. The largest absolute Gasteiger partial charge is 0.337 e. The number of sulfonamides is 1. The highest BCUT2D eigenvalue weighted by atomic mass is 32.2. The first-order chi connectivity index (χ1) is 11.7. The minimum Gasteiger partial charge on any atom is -0.337 e. The Bertz CT molecular complexity index is 889. The van der Waals surface area contributed by atoms with E-state index in [1.165, 1.54) is 16.9 Å². The van der Waals surface area contributed by atoms with Crippen LogP contribution in [0.25, 0.3) is 0 Å². The molecule has 1 saturated heterocycles. The lowest BCUT2D eigenvalue weighted by molar-refractivity contribution is 0.0778. The van der Waals surface area contributed by atoms with E-state index in [1.807, 2.05) is 6.92 Å². The number of thiophene rings is 1. The molecule has 8 nitrogen and oxygen atoms in total. The van der Waals surface area contributed by atoms with Gasteiger partial charge in [-0.2, -0.15) is 5.10 Å². The summed E-state index contributed by atoms with van der Waals surface area (Å²) in [4.78, 5) is 14.7. The molecule has 0 spiro atoms. The van der Waals surface area contributed by atoms with Crippen LogP contribution in [0, 0.1) is 5.41 Å². The Kier molecular flexibility index (Phi) is 4.60. The van der Waals surface area contributed by atoms with Crippen molar-refractivity contribution >= 4 is 33.0 Å². The standard InChI is InChI=1S/C15H21N5O3S2/c1-15(9-16)4-5-20(10-15)14(21)13-12(3-6-24-13)25(22,23)18-11-7-17-19(2)8-11/h3,6-8,18H,4-5,9-10,16H2,1-2H3. The molecule has 3 rings (SSSR count). The first-order valence-electron chi connectivity index (χ1n) is 7.82. The number of hydrogen-bond donors (Lipinski definition) is 2. The van der Waals surface area contributed by atoms with Crippen molar-refractivity contribution in [1.29, 1.82) is 0 Å². The number of hydrogen-bond acceptors (Lipinski definition) is 6. The van der Waals surface area contributed by atoms with Crippen molar-refractivity contribution in [3.8, 4) is 0 Å². The monoisotopic (exact) mass is 383 g/mol. The van der Waals surface area contributed by atoms with E-state index >= 15 is 0 Å². The number of rotatable bonds is 5. The molecule has 25 heavy (non-hydrogen) atoms. The lowest BCUT2D eigenvalue weighted by Crippen LogP contribution is -2.34. The fourth-order valence-corrected chi connectivity index (χ4v) is 5.27. The van der Waals surface area contributed by atoms with Crippen LogP contribution < -0.4 is 10.5 Å². The van der Waals surface area contributed by atoms with Gasteiger partial charge in [-0.1, -0.05) is 6.92 Å². The van der Waals surface area contributed by atoms with Gasteiger partial charge >= 0.3 is 0 Å². The highest BCUT2D eigenvalue weighted by molar-refractivity contribution is 7.93. The topological polar surface area (TPSA) is 110 Å². The number of nitrogens with zero attached hydrogens (tertiary/aromatic N) is 3. The van der Waals surface area contributed by atoms with E-state index < -0.39 is 10.0 Å². The maximum Gasteiger partial charge on any atom is 0.265 e. The number of anilines is 1. The van der Waals surface area contributed by atoms with Crippen LogP contribution >= 0.6 is 11.3 Å². The third-order valence-corrected chi connectivity index (χ3v) is 6.86. The Balaban J connectivity index is 1.84. The summed E-state index contributed by atoms with van der Waals surface area (Å²) in [7, 11) is -2.17. The van der Waals surface area contributed by atoms with Gasteiger partial charge in [0.25, 0.3) is 15.9 Å². The predicted octanol–water partition coefficient (Wildman–Crippen LogP) is 1.09. The zero-order valence-electron chi connectivity index (χ0n) is 14.1. The van der Waals surface area contributed by atoms with E-state index in [4.69, 9.17) is 5.73 Å². The van der Waals surface area contributed by atoms with Crippen molar-refractivity contribution in [3.05, 3.63) is 28.7 Å². The van der Waals surface area contributed by atoms with E-state index in [9.17, 15) is 13.2 Å². The third kappa shape index (κ3) is 3.55. The van der Waals surface area contributed by atoms with Crippen LogP contribution in [0.15, 0.2) is 28.7 Å². The highest BCUT2D eigenvalue weighted by Crippen LogP contribution is 2.32. The van der Waals surface area contributed by atoms with Crippen LogP contribution in [0.4, 0.5) is 5.69 Å². The maximum absolute atomic E-state index is 12.8. The van der Waals surface area contributed by atoms with Crippen LogP contribution in [0.1, 0.15) is 23.0 Å². The Morgan fingerprint density at radius 2 is 2.28 bits per heavy atom. The molecule has 1 aliphatic rings. The number of aryl methyl sites for hydroxylation is 1. The molecule has 136 valence electrons. The lowest BCUT2D eigenvalue weighted by atomic mass is 9.90. The Morgan fingerprint density at radius 3 is 2.88 bits per heavy atom. The number of carbonyl (C=O) groups is 1. The lowest BCUT2D eigenvalue weighted by Gasteiger charge is -2.22. The Labute approximate surface area is 150 Å². The second-order valence-corrected chi connectivity index (χ2v) is 9.18. The van der Waals surface area contributed by atoms with Gasteiger partial charge in [-0.05, 0) is 29.8 Å². The molecule has 2 aromatic rings. The second-order valence-electron chi connectivity index (χ2n) is 6.61. The SMILES string of the molecule is Cn1cc(NS(=O)(=O)c2ccsc2C(=O)N2CCC(C)(CN)C2)cn1. The molecule has 10 heteroatoms. The number of nitrogens with two attached hydrogens (primary N) is 1. The quantitative estimate of drug-likeness (QED) is 0.803. The van der Waals surface area contributed by atoms with Crippen LogP contribution in [-0.4, -0.2) is 48.6 Å². The molecule has 0 saturated carbocycles. The summed E-state index contributed by atoms with van der Waals surface area (Å²) in [6.07, 6.45) is 3.79. The summed E-state index contributed by atoms with van der Waals surface area (Å²) >= 11 is 1.13. The molecule has 0 aromatic carbocycles. The molecule has 1 amide bonds. The zero-order valence-corrected chi connectivity index (χ0v) is 15.7. The van der Waals surface area contributed by atoms with Gasteiger partial charge in [0.15, 0.2) is 0 Å². The van der Waals surface area contributed by atoms with E-state index in [-0.39, 0.29) is 21.1 Å². The average Bonchev–Trinajstić information content (AvgIpc) is 3.27. The molecule has 0 bridgehead atoms. The van der Waals surface area contributed by atoms with Gasteiger partial charge < -0.3 is 10.6 Å². The Hall–Kier alpha value is -1.91. The Morgan fingerprint density at radius 1 is 1.52 bits per heavy atom. The molecule has 1 atom stereocenters. The van der Waals surface area contributed by atoms with E-state index in [0.717, 1.165) is 17.8 Å².